The Morgan fingerprint density at radius 3 is 2.63 bits per heavy atom. The standard InChI is InChI=1S/C14H14BrNO3/c15-13-5-4-11(7-12(13)14(17)18)19-8-9-2-1-3-10(16)6-9/h1-7,14,17-18H,8,16H2. The van der Waals surface area contributed by atoms with Crippen LogP contribution in [0.25, 0.3) is 0 Å². The number of aliphatic hydroxyl groups excluding tert-OH is 1. The first-order valence-corrected chi connectivity index (χ1v) is 6.48. The highest BCUT2D eigenvalue weighted by atomic mass is 79.9. The van der Waals surface area contributed by atoms with Crippen LogP contribution in [0, 0.1) is 0 Å². The first kappa shape index (κ1) is 13.9. The second kappa shape index (κ2) is 6.06. The maximum absolute atomic E-state index is 9.20. The molecule has 0 saturated carbocycles. The van der Waals surface area contributed by atoms with Crippen molar-refractivity contribution >= 4 is 21.6 Å². The summed E-state index contributed by atoms with van der Waals surface area (Å²) in [5, 5.41) is 18.4. The predicted molar refractivity (Wildman–Crippen MR) is 76.5 cm³/mol. The molecule has 0 aliphatic rings. The summed E-state index contributed by atoms with van der Waals surface area (Å²) in [5.41, 5.74) is 7.69. The van der Waals surface area contributed by atoms with Gasteiger partial charge in [0.05, 0.1) is 0 Å². The second-order valence-electron chi connectivity index (χ2n) is 4.09. The molecular formula is C14H14BrNO3. The minimum absolute atomic E-state index is 0.366. The fourth-order valence-electron chi connectivity index (χ4n) is 1.66. The van der Waals surface area contributed by atoms with E-state index in [0.29, 0.717) is 28.1 Å². The summed E-state index contributed by atoms with van der Waals surface area (Å²) in [6.45, 7) is 0.369. The zero-order valence-corrected chi connectivity index (χ0v) is 11.7. The van der Waals surface area contributed by atoms with Crippen LogP contribution in [0.1, 0.15) is 17.4 Å². The molecule has 0 saturated heterocycles. The minimum Gasteiger partial charge on any atom is -0.489 e. The van der Waals surface area contributed by atoms with Gasteiger partial charge in [0.15, 0.2) is 6.29 Å². The highest BCUT2D eigenvalue weighted by Gasteiger charge is 2.09. The number of aliphatic hydroxyl groups is 2. The molecule has 0 atom stereocenters. The van der Waals surface area contributed by atoms with Gasteiger partial charge in [-0.25, -0.2) is 0 Å². The molecule has 2 rings (SSSR count). The van der Waals surface area contributed by atoms with Gasteiger partial charge in [0, 0.05) is 15.7 Å². The fourth-order valence-corrected chi connectivity index (χ4v) is 2.11. The Morgan fingerprint density at radius 2 is 1.95 bits per heavy atom. The quantitative estimate of drug-likeness (QED) is 0.597. The summed E-state index contributed by atoms with van der Waals surface area (Å²) >= 11 is 3.24. The number of hydrogen-bond donors (Lipinski definition) is 3. The molecule has 0 unspecified atom stereocenters. The van der Waals surface area contributed by atoms with Gasteiger partial charge in [-0.1, -0.05) is 28.1 Å². The first-order valence-electron chi connectivity index (χ1n) is 5.69. The van der Waals surface area contributed by atoms with Crippen LogP contribution >= 0.6 is 15.9 Å². The Hall–Kier alpha value is -1.56. The van der Waals surface area contributed by atoms with Crippen LogP contribution in [0.4, 0.5) is 5.69 Å². The lowest BCUT2D eigenvalue weighted by molar-refractivity contribution is -0.0431. The van der Waals surface area contributed by atoms with Gasteiger partial charge < -0.3 is 20.7 Å². The monoisotopic (exact) mass is 323 g/mol. The van der Waals surface area contributed by atoms with Crippen molar-refractivity contribution in [1.29, 1.82) is 0 Å². The molecule has 19 heavy (non-hydrogen) atoms. The smallest absolute Gasteiger partial charge is 0.179 e. The van der Waals surface area contributed by atoms with E-state index >= 15 is 0 Å². The normalized spacial score (nSPS) is 10.7. The number of nitrogen functional groups attached to an aromatic ring is 1. The zero-order chi connectivity index (χ0) is 13.8. The highest BCUT2D eigenvalue weighted by Crippen LogP contribution is 2.27. The Balaban J connectivity index is 2.09. The molecule has 0 spiro atoms. The highest BCUT2D eigenvalue weighted by molar-refractivity contribution is 9.10. The third kappa shape index (κ3) is 3.70. The van der Waals surface area contributed by atoms with Gasteiger partial charge in [0.2, 0.25) is 0 Å². The van der Waals surface area contributed by atoms with Crippen molar-refractivity contribution in [3.63, 3.8) is 0 Å². The van der Waals surface area contributed by atoms with Crippen molar-refractivity contribution in [3.05, 3.63) is 58.1 Å². The molecule has 0 aliphatic carbocycles. The van der Waals surface area contributed by atoms with Gasteiger partial charge in [-0.05, 0) is 35.9 Å². The van der Waals surface area contributed by atoms with E-state index in [-0.39, 0.29) is 0 Å². The van der Waals surface area contributed by atoms with Crippen LogP contribution in [0.2, 0.25) is 0 Å². The van der Waals surface area contributed by atoms with Crippen molar-refractivity contribution in [2.24, 2.45) is 0 Å². The molecule has 2 aromatic rings. The van der Waals surface area contributed by atoms with Crippen molar-refractivity contribution in [2.75, 3.05) is 5.73 Å². The lowest BCUT2D eigenvalue weighted by Gasteiger charge is -2.11. The number of nitrogens with two attached hydrogens (primary N) is 1. The fraction of sp³-hybridized carbons (Fsp3) is 0.143. The van der Waals surface area contributed by atoms with Crippen LogP contribution < -0.4 is 10.5 Å². The maximum atomic E-state index is 9.20. The number of halogens is 1. The summed E-state index contributed by atoms with van der Waals surface area (Å²) in [7, 11) is 0. The molecule has 100 valence electrons. The molecule has 5 heteroatoms. The lowest BCUT2D eigenvalue weighted by atomic mass is 10.2. The Kier molecular flexibility index (Phi) is 4.42. The lowest BCUT2D eigenvalue weighted by Crippen LogP contribution is -2.00. The molecule has 0 radical (unpaired) electrons. The van der Waals surface area contributed by atoms with E-state index in [2.05, 4.69) is 15.9 Å². The van der Waals surface area contributed by atoms with E-state index in [1.807, 2.05) is 24.3 Å². The van der Waals surface area contributed by atoms with Gasteiger partial charge in [-0.3, -0.25) is 0 Å². The van der Waals surface area contributed by atoms with Crippen LogP contribution in [0.5, 0.6) is 5.75 Å². The third-order valence-corrected chi connectivity index (χ3v) is 3.32. The SMILES string of the molecule is Nc1cccc(COc2ccc(Br)c(C(O)O)c2)c1. The molecule has 4 nitrogen and oxygen atoms in total. The van der Waals surface area contributed by atoms with Crippen LogP contribution in [-0.4, -0.2) is 10.2 Å². The van der Waals surface area contributed by atoms with E-state index in [9.17, 15) is 10.2 Å². The molecule has 0 amide bonds. The van der Waals surface area contributed by atoms with Gasteiger partial charge in [0.25, 0.3) is 0 Å². The van der Waals surface area contributed by atoms with E-state index in [0.717, 1.165) is 5.56 Å². The molecular weight excluding hydrogens is 310 g/mol. The largest absolute Gasteiger partial charge is 0.489 e. The molecule has 0 bridgehead atoms. The molecule has 0 aliphatic heterocycles. The van der Waals surface area contributed by atoms with Crippen molar-refractivity contribution in [1.82, 2.24) is 0 Å². The predicted octanol–water partition coefficient (Wildman–Crippen LogP) is 2.59. The van der Waals surface area contributed by atoms with E-state index < -0.39 is 6.29 Å². The summed E-state index contributed by atoms with van der Waals surface area (Å²) in [5.74, 6) is 0.564. The number of benzene rings is 2. The van der Waals surface area contributed by atoms with Gasteiger partial charge in [0.1, 0.15) is 12.4 Å². The maximum Gasteiger partial charge on any atom is 0.179 e. The average molecular weight is 324 g/mol. The van der Waals surface area contributed by atoms with Crippen LogP contribution in [0.15, 0.2) is 46.9 Å². The molecule has 2 aromatic carbocycles. The summed E-state index contributed by atoms with van der Waals surface area (Å²) in [6.07, 6.45) is -1.54. The number of anilines is 1. The Labute approximate surface area is 119 Å². The summed E-state index contributed by atoms with van der Waals surface area (Å²) < 4.78 is 6.22. The van der Waals surface area contributed by atoms with Gasteiger partial charge in [-0.2, -0.15) is 0 Å². The second-order valence-corrected chi connectivity index (χ2v) is 4.95. The van der Waals surface area contributed by atoms with E-state index in [1.165, 1.54) is 0 Å². The van der Waals surface area contributed by atoms with Crippen LogP contribution in [0.3, 0.4) is 0 Å². The molecule has 4 N–H and O–H groups in total. The van der Waals surface area contributed by atoms with Crippen molar-refractivity contribution in [3.8, 4) is 5.75 Å². The minimum atomic E-state index is -1.54. The number of ether oxygens (including phenoxy) is 1. The zero-order valence-electron chi connectivity index (χ0n) is 10.1. The Bertz CT molecular complexity index is 572. The summed E-state index contributed by atoms with van der Waals surface area (Å²) in [4.78, 5) is 0. The summed E-state index contributed by atoms with van der Waals surface area (Å²) in [6, 6.07) is 12.5. The molecule has 0 aromatic heterocycles. The average Bonchev–Trinajstić information content (AvgIpc) is 2.37. The topological polar surface area (TPSA) is 75.7 Å². The van der Waals surface area contributed by atoms with Gasteiger partial charge >= 0.3 is 0 Å². The first-order chi connectivity index (χ1) is 9.06. The Morgan fingerprint density at radius 1 is 1.16 bits per heavy atom. The van der Waals surface area contributed by atoms with Gasteiger partial charge in [-0.15, -0.1) is 0 Å². The van der Waals surface area contributed by atoms with E-state index in [4.69, 9.17) is 10.5 Å². The number of hydrogen-bond acceptors (Lipinski definition) is 4. The van der Waals surface area contributed by atoms with Crippen molar-refractivity contribution < 1.29 is 14.9 Å². The molecule has 0 heterocycles. The van der Waals surface area contributed by atoms with E-state index in [1.54, 1.807) is 18.2 Å². The van der Waals surface area contributed by atoms with Crippen molar-refractivity contribution in [2.45, 2.75) is 12.9 Å². The third-order valence-electron chi connectivity index (χ3n) is 2.60. The molecule has 0 fully saturated rings. The van der Waals surface area contributed by atoms with Crippen LogP contribution in [-0.2, 0) is 6.61 Å². The number of rotatable bonds is 4.